The van der Waals surface area contributed by atoms with Crippen molar-refractivity contribution in [1.82, 2.24) is 10.2 Å². The molecule has 0 aliphatic carbocycles. The molecule has 1 amide bonds. The van der Waals surface area contributed by atoms with Crippen molar-refractivity contribution < 1.29 is 9.53 Å². The highest BCUT2D eigenvalue weighted by Gasteiger charge is 2.29. The minimum absolute atomic E-state index is 0.196. The van der Waals surface area contributed by atoms with E-state index in [4.69, 9.17) is 4.74 Å². The van der Waals surface area contributed by atoms with Gasteiger partial charge in [0.1, 0.15) is 0 Å². The maximum Gasteiger partial charge on any atom is 0.227 e. The van der Waals surface area contributed by atoms with Crippen molar-refractivity contribution in [3.63, 3.8) is 0 Å². The van der Waals surface area contributed by atoms with Crippen LogP contribution in [-0.4, -0.2) is 49.7 Å². The third kappa shape index (κ3) is 2.07. The van der Waals surface area contributed by atoms with Gasteiger partial charge in [0, 0.05) is 19.6 Å². The molecule has 2 atom stereocenters. The molecule has 4 nitrogen and oxygen atoms in total. The zero-order valence-electron chi connectivity index (χ0n) is 8.66. The normalized spacial score (nSPS) is 33.4. The lowest BCUT2D eigenvalue weighted by Crippen LogP contribution is -2.47. The molecule has 0 aromatic carbocycles. The van der Waals surface area contributed by atoms with Gasteiger partial charge in [0.05, 0.1) is 18.6 Å². The molecule has 1 unspecified atom stereocenters. The molecule has 2 fully saturated rings. The second-order valence-electron chi connectivity index (χ2n) is 4.16. The summed E-state index contributed by atoms with van der Waals surface area (Å²) in [6, 6.07) is 0. The average molecular weight is 198 g/mol. The fourth-order valence-electron chi connectivity index (χ4n) is 2.14. The molecule has 80 valence electrons. The first-order valence-electron chi connectivity index (χ1n) is 5.38. The van der Waals surface area contributed by atoms with Crippen molar-refractivity contribution in [2.75, 3.05) is 32.8 Å². The zero-order chi connectivity index (χ0) is 9.97. The molecule has 0 spiro atoms. The molecule has 0 aromatic rings. The van der Waals surface area contributed by atoms with Gasteiger partial charge in [-0.25, -0.2) is 0 Å². The van der Waals surface area contributed by atoms with Crippen LogP contribution in [0.3, 0.4) is 0 Å². The Labute approximate surface area is 84.6 Å². The summed E-state index contributed by atoms with van der Waals surface area (Å²) >= 11 is 0. The smallest absolute Gasteiger partial charge is 0.227 e. The Balaban J connectivity index is 1.89. The first-order valence-corrected chi connectivity index (χ1v) is 5.38. The zero-order valence-corrected chi connectivity index (χ0v) is 8.66. The largest absolute Gasteiger partial charge is 0.375 e. The van der Waals surface area contributed by atoms with Gasteiger partial charge in [-0.15, -0.1) is 0 Å². The van der Waals surface area contributed by atoms with Gasteiger partial charge in [-0.2, -0.15) is 0 Å². The van der Waals surface area contributed by atoms with E-state index in [1.165, 1.54) is 0 Å². The van der Waals surface area contributed by atoms with Crippen LogP contribution in [0.1, 0.15) is 13.3 Å². The molecular formula is C10H18N2O2. The monoisotopic (exact) mass is 198 g/mol. The quantitative estimate of drug-likeness (QED) is 0.637. The molecule has 0 radical (unpaired) electrons. The number of hydrogen-bond donors (Lipinski definition) is 1. The van der Waals surface area contributed by atoms with Crippen LogP contribution in [-0.2, 0) is 9.53 Å². The van der Waals surface area contributed by atoms with Crippen molar-refractivity contribution in [2.45, 2.75) is 19.4 Å². The minimum atomic E-state index is 0.196. The van der Waals surface area contributed by atoms with E-state index in [1.807, 2.05) is 11.8 Å². The van der Waals surface area contributed by atoms with E-state index in [1.54, 1.807) is 0 Å². The van der Waals surface area contributed by atoms with Crippen LogP contribution < -0.4 is 5.32 Å². The Bertz CT molecular complexity index is 214. The Morgan fingerprint density at radius 2 is 2.43 bits per heavy atom. The van der Waals surface area contributed by atoms with Gasteiger partial charge in [-0.3, -0.25) is 4.79 Å². The van der Waals surface area contributed by atoms with Gasteiger partial charge >= 0.3 is 0 Å². The van der Waals surface area contributed by atoms with Crippen LogP contribution in [0.4, 0.5) is 0 Å². The van der Waals surface area contributed by atoms with Gasteiger partial charge in [-0.1, -0.05) is 0 Å². The number of hydrogen-bond acceptors (Lipinski definition) is 3. The molecule has 0 saturated carbocycles. The predicted molar refractivity (Wildman–Crippen MR) is 53.0 cm³/mol. The van der Waals surface area contributed by atoms with E-state index >= 15 is 0 Å². The Morgan fingerprint density at radius 1 is 1.57 bits per heavy atom. The first kappa shape index (κ1) is 9.93. The van der Waals surface area contributed by atoms with Gasteiger partial charge in [0.15, 0.2) is 0 Å². The molecular weight excluding hydrogens is 180 g/mol. The molecule has 14 heavy (non-hydrogen) atoms. The summed E-state index contributed by atoms with van der Waals surface area (Å²) in [7, 11) is 0. The van der Waals surface area contributed by atoms with Crippen molar-refractivity contribution in [2.24, 2.45) is 5.92 Å². The number of carbonyl (C=O) groups is 1. The fraction of sp³-hybridized carbons (Fsp3) is 0.900. The maximum atomic E-state index is 12.0. The van der Waals surface area contributed by atoms with E-state index in [-0.39, 0.29) is 12.0 Å². The lowest BCUT2D eigenvalue weighted by atomic mass is 10.1. The number of ether oxygens (including phenoxy) is 1. The van der Waals surface area contributed by atoms with Gasteiger partial charge < -0.3 is 15.0 Å². The van der Waals surface area contributed by atoms with E-state index in [9.17, 15) is 4.79 Å². The summed E-state index contributed by atoms with van der Waals surface area (Å²) in [6.45, 7) is 6.06. The van der Waals surface area contributed by atoms with Crippen LogP contribution in [0, 0.1) is 5.92 Å². The number of nitrogens with zero attached hydrogens (tertiary/aromatic N) is 1. The van der Waals surface area contributed by atoms with E-state index in [0.29, 0.717) is 12.5 Å². The van der Waals surface area contributed by atoms with Crippen LogP contribution in [0.25, 0.3) is 0 Å². The van der Waals surface area contributed by atoms with E-state index in [0.717, 1.165) is 32.6 Å². The predicted octanol–water partition coefficient (Wildman–Crippen LogP) is -0.157. The molecule has 0 aromatic heterocycles. The summed E-state index contributed by atoms with van der Waals surface area (Å²) in [5.74, 6) is 0.519. The van der Waals surface area contributed by atoms with Crippen molar-refractivity contribution in [1.29, 1.82) is 0 Å². The van der Waals surface area contributed by atoms with E-state index in [2.05, 4.69) is 5.32 Å². The number of rotatable bonds is 1. The maximum absolute atomic E-state index is 12.0. The summed E-state index contributed by atoms with van der Waals surface area (Å²) in [5.41, 5.74) is 0. The second kappa shape index (κ2) is 4.28. The van der Waals surface area contributed by atoms with Crippen LogP contribution in [0.5, 0.6) is 0 Å². The van der Waals surface area contributed by atoms with E-state index < -0.39 is 0 Å². The van der Waals surface area contributed by atoms with Crippen molar-refractivity contribution >= 4 is 5.91 Å². The lowest BCUT2D eigenvalue weighted by Gasteiger charge is -2.32. The van der Waals surface area contributed by atoms with Crippen molar-refractivity contribution in [3.05, 3.63) is 0 Å². The van der Waals surface area contributed by atoms with Gasteiger partial charge in [-0.05, 0) is 19.9 Å². The lowest BCUT2D eigenvalue weighted by molar-refractivity contribution is -0.141. The number of morpholine rings is 1. The standard InChI is InChI=1S/C10H18N2O2/c1-8-7-12(4-5-14-8)10(13)9-2-3-11-6-9/h8-9,11H,2-7H2,1H3/t8?,9-/m1/s1. The highest BCUT2D eigenvalue weighted by atomic mass is 16.5. The Morgan fingerprint density at radius 3 is 3.07 bits per heavy atom. The van der Waals surface area contributed by atoms with Gasteiger partial charge in [0.2, 0.25) is 5.91 Å². The summed E-state index contributed by atoms with van der Waals surface area (Å²) in [6.07, 6.45) is 1.19. The van der Waals surface area contributed by atoms with Crippen LogP contribution in [0.15, 0.2) is 0 Å². The average Bonchev–Trinajstić information content (AvgIpc) is 2.69. The fourth-order valence-corrected chi connectivity index (χ4v) is 2.14. The third-order valence-electron chi connectivity index (χ3n) is 2.96. The Kier molecular flexibility index (Phi) is 3.03. The Hall–Kier alpha value is -0.610. The number of amides is 1. The topological polar surface area (TPSA) is 41.6 Å². The highest BCUT2D eigenvalue weighted by Crippen LogP contribution is 2.14. The first-order chi connectivity index (χ1) is 6.77. The third-order valence-corrected chi connectivity index (χ3v) is 2.96. The second-order valence-corrected chi connectivity index (χ2v) is 4.16. The number of carbonyl (C=O) groups excluding carboxylic acids is 1. The molecule has 2 aliphatic heterocycles. The summed E-state index contributed by atoms with van der Waals surface area (Å²) in [4.78, 5) is 13.9. The van der Waals surface area contributed by atoms with Gasteiger partial charge in [0.25, 0.3) is 0 Å². The molecule has 2 rings (SSSR count). The summed E-state index contributed by atoms with van der Waals surface area (Å²) < 4.78 is 5.41. The highest BCUT2D eigenvalue weighted by molar-refractivity contribution is 5.79. The molecule has 2 heterocycles. The molecule has 2 saturated heterocycles. The number of nitrogens with one attached hydrogen (secondary N) is 1. The van der Waals surface area contributed by atoms with Crippen LogP contribution >= 0.6 is 0 Å². The molecule has 1 N–H and O–H groups in total. The minimum Gasteiger partial charge on any atom is -0.375 e. The SMILES string of the molecule is CC1CN(C(=O)[C@@H]2CCNC2)CCO1. The molecule has 2 aliphatic rings. The van der Waals surface area contributed by atoms with Crippen LogP contribution in [0.2, 0.25) is 0 Å². The molecule has 4 heteroatoms. The summed E-state index contributed by atoms with van der Waals surface area (Å²) in [5, 5.41) is 3.22. The van der Waals surface area contributed by atoms with Crippen molar-refractivity contribution in [3.8, 4) is 0 Å². The molecule has 0 bridgehead atoms.